The number of rotatable bonds is 2. The molecule has 3 nitrogen and oxygen atoms in total. The molecule has 1 aliphatic rings. The Morgan fingerprint density at radius 2 is 1.60 bits per heavy atom. The van der Waals surface area contributed by atoms with E-state index in [0.717, 1.165) is 5.56 Å². The number of aliphatic hydroxyl groups is 1. The van der Waals surface area contributed by atoms with Crippen LogP contribution in [0.15, 0.2) is 52.9 Å². The Bertz CT molecular complexity index is 900. The SMILES string of the molecule is CC(C)(C)c1ccc(CC2=C(O)c3c(S)cccc3C(=O)C2=O)cc1. The first-order valence-corrected chi connectivity index (χ1v) is 8.58. The first-order chi connectivity index (χ1) is 11.7. The topological polar surface area (TPSA) is 54.4 Å². The van der Waals surface area contributed by atoms with Crippen molar-refractivity contribution in [1.29, 1.82) is 0 Å². The summed E-state index contributed by atoms with van der Waals surface area (Å²) in [5, 5.41) is 10.6. The van der Waals surface area contributed by atoms with E-state index in [2.05, 4.69) is 33.4 Å². The van der Waals surface area contributed by atoms with E-state index in [0.29, 0.717) is 10.5 Å². The molecule has 0 spiro atoms. The fraction of sp³-hybridized carbons (Fsp3) is 0.238. The summed E-state index contributed by atoms with van der Waals surface area (Å²) in [6, 6.07) is 12.8. The lowest BCUT2D eigenvalue weighted by Gasteiger charge is -2.21. The van der Waals surface area contributed by atoms with Crippen molar-refractivity contribution >= 4 is 30.0 Å². The molecule has 3 rings (SSSR count). The van der Waals surface area contributed by atoms with Gasteiger partial charge in [-0.2, -0.15) is 0 Å². The van der Waals surface area contributed by atoms with Crippen LogP contribution in [0.4, 0.5) is 0 Å². The molecule has 0 amide bonds. The van der Waals surface area contributed by atoms with Crippen molar-refractivity contribution in [2.24, 2.45) is 0 Å². The number of benzene rings is 2. The van der Waals surface area contributed by atoms with Gasteiger partial charge < -0.3 is 5.11 Å². The predicted octanol–water partition coefficient (Wildman–Crippen LogP) is 4.55. The second-order valence-corrected chi connectivity index (χ2v) is 7.79. The van der Waals surface area contributed by atoms with Crippen LogP contribution in [0.25, 0.3) is 5.76 Å². The van der Waals surface area contributed by atoms with E-state index in [9.17, 15) is 14.7 Å². The van der Waals surface area contributed by atoms with Gasteiger partial charge in [0.05, 0.1) is 5.57 Å². The van der Waals surface area contributed by atoms with E-state index in [1.165, 1.54) is 5.56 Å². The normalized spacial score (nSPS) is 14.7. The summed E-state index contributed by atoms with van der Waals surface area (Å²) in [4.78, 5) is 25.3. The van der Waals surface area contributed by atoms with Crippen molar-refractivity contribution < 1.29 is 14.7 Å². The van der Waals surface area contributed by atoms with Crippen molar-refractivity contribution in [3.63, 3.8) is 0 Å². The van der Waals surface area contributed by atoms with Crippen molar-refractivity contribution in [3.8, 4) is 0 Å². The van der Waals surface area contributed by atoms with Gasteiger partial charge in [-0.25, -0.2) is 0 Å². The van der Waals surface area contributed by atoms with Gasteiger partial charge in [0.2, 0.25) is 11.6 Å². The summed E-state index contributed by atoms with van der Waals surface area (Å²) in [5.41, 5.74) is 2.77. The summed E-state index contributed by atoms with van der Waals surface area (Å²) < 4.78 is 0. The lowest BCUT2D eigenvalue weighted by molar-refractivity contribution is -0.112. The fourth-order valence-corrected chi connectivity index (χ4v) is 3.30. The van der Waals surface area contributed by atoms with Crippen LogP contribution in [-0.4, -0.2) is 16.7 Å². The first kappa shape index (κ1) is 17.5. The number of ketones is 2. The number of carbonyl (C=O) groups excluding carboxylic acids is 2. The molecular weight excluding hydrogens is 332 g/mol. The standard InChI is InChI=1S/C21H20O3S/c1-21(2,3)13-9-7-12(8-10-13)11-15-18(22)17-14(19(23)20(15)24)5-4-6-16(17)25/h4-10,22,25H,11H2,1-3H3. The number of fused-ring (bicyclic) bond motifs is 1. The van der Waals surface area contributed by atoms with Gasteiger partial charge in [0, 0.05) is 22.4 Å². The fourth-order valence-electron chi connectivity index (χ4n) is 2.99. The third-order valence-electron chi connectivity index (χ3n) is 4.49. The van der Waals surface area contributed by atoms with Crippen molar-refractivity contribution in [3.05, 3.63) is 70.3 Å². The Balaban J connectivity index is 2.02. The number of allylic oxidation sites excluding steroid dienone is 1. The zero-order chi connectivity index (χ0) is 18.4. The molecule has 4 heteroatoms. The molecule has 0 unspecified atom stereocenters. The molecule has 0 saturated carbocycles. The van der Waals surface area contributed by atoms with Gasteiger partial charge in [-0.05, 0) is 22.6 Å². The summed E-state index contributed by atoms with van der Waals surface area (Å²) in [6.45, 7) is 6.39. The van der Waals surface area contributed by atoms with Gasteiger partial charge in [-0.15, -0.1) is 12.6 Å². The second-order valence-electron chi connectivity index (χ2n) is 7.31. The molecule has 1 aliphatic carbocycles. The summed E-state index contributed by atoms with van der Waals surface area (Å²) in [6.07, 6.45) is 0.211. The summed E-state index contributed by atoms with van der Waals surface area (Å²) >= 11 is 4.32. The molecule has 0 saturated heterocycles. The van der Waals surface area contributed by atoms with E-state index in [1.807, 2.05) is 24.3 Å². The van der Waals surface area contributed by atoms with Crippen LogP contribution in [-0.2, 0) is 16.6 Å². The average molecular weight is 352 g/mol. The minimum atomic E-state index is -0.649. The highest BCUT2D eigenvalue weighted by Crippen LogP contribution is 2.34. The number of Topliss-reactive ketones (excluding diaryl/α,β-unsaturated/α-hetero) is 2. The van der Waals surface area contributed by atoms with Gasteiger partial charge in [0.15, 0.2) is 0 Å². The van der Waals surface area contributed by atoms with E-state index >= 15 is 0 Å². The predicted molar refractivity (Wildman–Crippen MR) is 101 cm³/mol. The number of hydrogen-bond donors (Lipinski definition) is 2. The number of hydrogen-bond acceptors (Lipinski definition) is 4. The van der Waals surface area contributed by atoms with Gasteiger partial charge in [-0.1, -0.05) is 57.2 Å². The monoisotopic (exact) mass is 352 g/mol. The Labute approximate surface area is 152 Å². The largest absolute Gasteiger partial charge is 0.507 e. The van der Waals surface area contributed by atoms with Gasteiger partial charge in [-0.3, -0.25) is 9.59 Å². The molecule has 0 fully saturated rings. The minimum absolute atomic E-state index is 0.0381. The molecule has 2 aromatic rings. The number of thiol groups is 1. The maximum atomic E-state index is 12.4. The molecule has 0 aromatic heterocycles. The van der Waals surface area contributed by atoms with Gasteiger partial charge in [0.1, 0.15) is 5.76 Å². The van der Waals surface area contributed by atoms with Crippen LogP contribution >= 0.6 is 12.6 Å². The molecule has 0 bridgehead atoms. The quantitative estimate of drug-likeness (QED) is 0.616. The van der Waals surface area contributed by atoms with Crippen molar-refractivity contribution in [2.45, 2.75) is 37.5 Å². The maximum Gasteiger partial charge on any atom is 0.234 e. The van der Waals surface area contributed by atoms with Crippen LogP contribution in [0.5, 0.6) is 0 Å². The Morgan fingerprint density at radius 3 is 2.20 bits per heavy atom. The molecule has 0 heterocycles. The highest BCUT2D eigenvalue weighted by atomic mass is 32.1. The molecule has 0 radical (unpaired) electrons. The van der Waals surface area contributed by atoms with Crippen molar-refractivity contribution in [2.75, 3.05) is 0 Å². The van der Waals surface area contributed by atoms with Gasteiger partial charge in [0.25, 0.3) is 0 Å². The molecule has 0 atom stereocenters. The van der Waals surface area contributed by atoms with E-state index in [1.54, 1.807) is 18.2 Å². The smallest absolute Gasteiger partial charge is 0.234 e. The number of carbonyl (C=O) groups is 2. The minimum Gasteiger partial charge on any atom is -0.507 e. The third kappa shape index (κ3) is 3.14. The van der Waals surface area contributed by atoms with Crippen LogP contribution < -0.4 is 0 Å². The summed E-state index contributed by atoms with van der Waals surface area (Å²) in [5.74, 6) is -1.39. The zero-order valence-corrected chi connectivity index (χ0v) is 15.4. The van der Waals surface area contributed by atoms with Crippen molar-refractivity contribution in [1.82, 2.24) is 0 Å². The average Bonchev–Trinajstić information content (AvgIpc) is 2.56. The van der Waals surface area contributed by atoms with Crippen LogP contribution in [0.3, 0.4) is 0 Å². The molecule has 128 valence electrons. The molecule has 0 aliphatic heterocycles. The second kappa shape index (κ2) is 6.19. The van der Waals surface area contributed by atoms with E-state index < -0.39 is 11.6 Å². The Hall–Kier alpha value is -2.33. The lowest BCUT2D eigenvalue weighted by atomic mass is 9.84. The first-order valence-electron chi connectivity index (χ1n) is 8.13. The highest BCUT2D eigenvalue weighted by Gasteiger charge is 2.33. The molecule has 1 N–H and O–H groups in total. The van der Waals surface area contributed by atoms with E-state index in [-0.39, 0.29) is 28.7 Å². The Kier molecular flexibility index (Phi) is 4.33. The van der Waals surface area contributed by atoms with Gasteiger partial charge >= 0.3 is 0 Å². The summed E-state index contributed by atoms with van der Waals surface area (Å²) in [7, 11) is 0. The molecular formula is C21H20O3S. The molecule has 25 heavy (non-hydrogen) atoms. The Morgan fingerprint density at radius 1 is 0.960 bits per heavy atom. The zero-order valence-electron chi connectivity index (χ0n) is 14.5. The van der Waals surface area contributed by atoms with Crippen LogP contribution in [0.1, 0.15) is 47.8 Å². The van der Waals surface area contributed by atoms with Crippen LogP contribution in [0.2, 0.25) is 0 Å². The van der Waals surface area contributed by atoms with E-state index in [4.69, 9.17) is 0 Å². The highest BCUT2D eigenvalue weighted by molar-refractivity contribution is 7.80. The van der Waals surface area contributed by atoms with Crippen LogP contribution in [0, 0.1) is 0 Å². The molecule has 2 aromatic carbocycles. The lowest BCUT2D eigenvalue weighted by Crippen LogP contribution is -2.25. The number of aliphatic hydroxyl groups excluding tert-OH is 1. The maximum absolute atomic E-state index is 12.4. The third-order valence-corrected chi connectivity index (χ3v) is 4.86.